The number of aryl methyl sites for hydroxylation is 1. The zero-order chi connectivity index (χ0) is 45.3. The monoisotopic (exact) mass is 905 g/mol. The van der Waals surface area contributed by atoms with Gasteiger partial charge in [0.2, 0.25) is 0 Å². The summed E-state index contributed by atoms with van der Waals surface area (Å²) in [7, 11) is 1.98. The summed E-state index contributed by atoms with van der Waals surface area (Å²) < 4.78 is 13.4. The second kappa shape index (κ2) is 19.0. The number of amides is 2. The minimum atomic E-state index is -0.435. The fourth-order valence-electron chi connectivity index (χ4n) is 10.2. The molecule has 12 rings (SSSR count). The molecule has 68 heavy (non-hydrogen) atoms. The summed E-state index contributed by atoms with van der Waals surface area (Å²) >= 11 is 0. The van der Waals surface area contributed by atoms with Crippen molar-refractivity contribution in [1.82, 2.24) is 19.5 Å². The summed E-state index contributed by atoms with van der Waals surface area (Å²) in [6, 6.07) is 45.5. The number of hydrogen-bond acceptors (Lipinski definition) is 8. The van der Waals surface area contributed by atoms with Crippen LogP contribution >= 0.6 is 0 Å². The van der Waals surface area contributed by atoms with Crippen LogP contribution in [0.1, 0.15) is 65.5 Å². The van der Waals surface area contributed by atoms with Crippen LogP contribution in [-0.4, -0.2) is 58.0 Å². The minimum Gasteiger partial charge on any atom is -0.448 e. The van der Waals surface area contributed by atoms with Crippen LogP contribution in [-0.2, 0) is 42.5 Å². The molecule has 2 aromatic heterocycles. The van der Waals surface area contributed by atoms with Gasteiger partial charge in [-0.15, -0.1) is 0 Å². The average Bonchev–Trinajstić information content (AvgIpc) is 4.24. The normalized spacial score (nSPS) is 13.8. The van der Waals surface area contributed by atoms with Crippen LogP contribution in [0.5, 0.6) is 0 Å². The molecule has 0 saturated carbocycles. The molecule has 6 aromatic carbocycles. The second-order valence-corrected chi connectivity index (χ2v) is 17.5. The molecule has 0 bridgehead atoms. The van der Waals surface area contributed by atoms with Crippen LogP contribution in [0, 0.1) is 0 Å². The molecule has 0 unspecified atom stereocenters. The third-order valence-corrected chi connectivity index (χ3v) is 13.4. The number of anilines is 4. The van der Waals surface area contributed by atoms with Crippen molar-refractivity contribution >= 4 is 34.9 Å². The number of H-pyrrole nitrogens is 1. The SMILES string of the molecule is C.Cn1cnc(CN2CCc3ccc(NC(=O)OCC4c5ccccc5-c5ccccc54)cc32)c1.O=C(Nc1ccc2c(c1)N(Cc1cnc[nH]1)CC2)OCC1c2ccccc2-c2ccccc21.[2HH]. The summed E-state index contributed by atoms with van der Waals surface area (Å²) in [6.45, 7) is 4.01. The Labute approximate surface area is 398 Å². The molecular formula is C56H56N8O4. The van der Waals surface area contributed by atoms with E-state index < -0.39 is 12.2 Å². The van der Waals surface area contributed by atoms with Crippen molar-refractivity contribution < 1.29 is 20.5 Å². The van der Waals surface area contributed by atoms with Crippen LogP contribution in [0.2, 0.25) is 0 Å². The van der Waals surface area contributed by atoms with Gasteiger partial charge >= 0.3 is 12.2 Å². The van der Waals surface area contributed by atoms with E-state index in [1.54, 1.807) is 6.33 Å². The first-order chi connectivity index (χ1) is 32.9. The third-order valence-electron chi connectivity index (χ3n) is 13.4. The van der Waals surface area contributed by atoms with Gasteiger partial charge in [0.25, 0.3) is 0 Å². The summed E-state index contributed by atoms with van der Waals surface area (Å²) in [4.78, 5) is 41.7. The van der Waals surface area contributed by atoms with E-state index in [-0.39, 0.29) is 20.7 Å². The lowest BCUT2D eigenvalue weighted by Gasteiger charge is -2.19. The Bertz CT molecular complexity index is 3020. The molecule has 3 N–H and O–H groups in total. The fraction of sp³-hybridized carbons (Fsp3) is 0.214. The van der Waals surface area contributed by atoms with Gasteiger partial charge in [0, 0.05) is 68.5 Å². The van der Waals surface area contributed by atoms with E-state index in [1.807, 2.05) is 78.9 Å². The van der Waals surface area contributed by atoms with Crippen LogP contribution in [0.15, 0.2) is 159 Å². The first-order valence-corrected chi connectivity index (χ1v) is 22.9. The second-order valence-electron chi connectivity index (χ2n) is 17.5. The molecule has 2 aliphatic carbocycles. The highest BCUT2D eigenvalue weighted by atomic mass is 16.6. The lowest BCUT2D eigenvalue weighted by molar-refractivity contribution is 0.157. The number of nitrogens with zero attached hydrogens (tertiary/aromatic N) is 5. The highest BCUT2D eigenvalue weighted by Crippen LogP contribution is 2.46. The van der Waals surface area contributed by atoms with Crippen LogP contribution in [0.4, 0.5) is 32.3 Å². The summed E-state index contributed by atoms with van der Waals surface area (Å²) in [5, 5.41) is 5.84. The predicted molar refractivity (Wildman–Crippen MR) is 270 cm³/mol. The molecule has 12 nitrogen and oxygen atoms in total. The first-order valence-electron chi connectivity index (χ1n) is 22.9. The Kier molecular flexibility index (Phi) is 12.2. The van der Waals surface area contributed by atoms with Crippen molar-refractivity contribution in [3.05, 3.63) is 203 Å². The van der Waals surface area contributed by atoms with E-state index in [1.165, 1.54) is 55.6 Å². The van der Waals surface area contributed by atoms with Crippen LogP contribution in [0.25, 0.3) is 22.3 Å². The third kappa shape index (κ3) is 8.80. The maximum atomic E-state index is 12.7. The topological polar surface area (TPSA) is 130 Å². The van der Waals surface area contributed by atoms with Gasteiger partial charge in [0.1, 0.15) is 13.2 Å². The Balaban J connectivity index is 0.000000167. The van der Waals surface area contributed by atoms with Crippen molar-refractivity contribution in [1.29, 1.82) is 0 Å². The number of fused-ring (bicyclic) bond motifs is 8. The molecule has 0 fully saturated rings. The average molecular weight is 906 g/mol. The molecule has 344 valence electrons. The number of hydrogen-bond donors (Lipinski definition) is 3. The maximum absolute atomic E-state index is 12.7. The quantitative estimate of drug-likeness (QED) is 0.124. The highest BCUT2D eigenvalue weighted by Gasteiger charge is 2.31. The van der Waals surface area contributed by atoms with Gasteiger partial charge < -0.3 is 28.8 Å². The molecule has 0 atom stereocenters. The Morgan fingerprint density at radius 2 is 1.10 bits per heavy atom. The number of carbonyl (C=O) groups is 2. The number of imidazole rings is 2. The van der Waals surface area contributed by atoms with Gasteiger partial charge in [0.05, 0.1) is 37.1 Å². The summed E-state index contributed by atoms with van der Waals surface area (Å²) in [5.41, 5.74) is 18.1. The first kappa shape index (κ1) is 43.8. The largest absolute Gasteiger partial charge is 0.448 e. The number of carbonyl (C=O) groups excluding carboxylic acids is 2. The molecule has 12 heteroatoms. The van der Waals surface area contributed by atoms with Crippen molar-refractivity contribution in [2.24, 2.45) is 7.05 Å². The standard InChI is InChI=1S/C28H26N4O2.C27H24N4O2.CH4.H2/c1-31-15-21(29-18-31)16-32-13-12-19-10-11-20(14-27(19)32)30-28(33)34-17-26-24-8-4-2-6-22(24)23-7-3-5-9-25(23)26;32-27(33-16-25-23-7-3-1-5-21(23)22-6-2-4-8-24(22)25)30-19-10-9-18-11-12-31(26(18)13-19)15-20-14-28-17-29-20;;/h2-11,14-15,18,26H,12-13,16-17H2,1H3,(H,30,33);1-10,13-14,17,25H,11-12,15-16H2,(H,28,29)(H,30,32);1H4;1H/i;;;1+1. The van der Waals surface area contributed by atoms with Gasteiger partial charge in [-0.25, -0.2) is 19.6 Å². The molecule has 2 aliphatic heterocycles. The zero-order valence-corrected chi connectivity index (χ0v) is 37.2. The zero-order valence-electron chi connectivity index (χ0n) is 37.2. The summed E-state index contributed by atoms with van der Waals surface area (Å²) in [5.74, 6) is 0.0973. The fourth-order valence-corrected chi connectivity index (χ4v) is 10.2. The Hall–Kier alpha value is -8.12. The van der Waals surface area contributed by atoms with E-state index in [4.69, 9.17) is 9.47 Å². The maximum Gasteiger partial charge on any atom is 0.411 e. The number of ether oxygens (including phenoxy) is 2. The lowest BCUT2D eigenvalue weighted by Crippen LogP contribution is -2.20. The van der Waals surface area contributed by atoms with E-state index >= 15 is 0 Å². The number of aromatic nitrogens is 4. The molecule has 0 radical (unpaired) electrons. The summed E-state index contributed by atoms with van der Waals surface area (Å²) in [6.07, 6.45) is 8.52. The van der Waals surface area contributed by atoms with E-state index in [0.717, 1.165) is 73.2 Å². The number of rotatable bonds is 10. The Morgan fingerprint density at radius 3 is 1.53 bits per heavy atom. The molecule has 4 aliphatic rings. The van der Waals surface area contributed by atoms with E-state index in [2.05, 4.69) is 120 Å². The van der Waals surface area contributed by atoms with Crippen LogP contribution < -0.4 is 20.4 Å². The van der Waals surface area contributed by atoms with Crippen LogP contribution in [0.3, 0.4) is 0 Å². The van der Waals surface area contributed by atoms with E-state index in [0.29, 0.717) is 13.2 Å². The number of benzene rings is 6. The molecular weight excluding hydrogens is 849 g/mol. The van der Waals surface area contributed by atoms with E-state index in [9.17, 15) is 9.59 Å². The van der Waals surface area contributed by atoms with Crippen molar-refractivity contribution in [3.63, 3.8) is 0 Å². The molecule has 4 heterocycles. The highest BCUT2D eigenvalue weighted by molar-refractivity contribution is 5.87. The smallest absolute Gasteiger partial charge is 0.411 e. The lowest BCUT2D eigenvalue weighted by atomic mass is 9.98. The minimum absolute atomic E-state index is 0. The van der Waals surface area contributed by atoms with Gasteiger partial charge in [0.15, 0.2) is 0 Å². The number of aromatic amines is 1. The van der Waals surface area contributed by atoms with Gasteiger partial charge in [-0.1, -0.05) is 117 Å². The number of nitrogens with one attached hydrogen (secondary N) is 3. The molecule has 0 saturated heterocycles. The molecule has 8 aromatic rings. The molecule has 0 spiro atoms. The van der Waals surface area contributed by atoms with Crippen molar-refractivity contribution in [2.45, 2.75) is 45.2 Å². The Morgan fingerprint density at radius 1 is 0.647 bits per heavy atom. The predicted octanol–water partition coefficient (Wildman–Crippen LogP) is 11.6. The van der Waals surface area contributed by atoms with Gasteiger partial charge in [-0.2, -0.15) is 0 Å². The van der Waals surface area contributed by atoms with Gasteiger partial charge in [-0.3, -0.25) is 10.6 Å². The van der Waals surface area contributed by atoms with Crippen molar-refractivity contribution in [2.75, 3.05) is 46.7 Å². The van der Waals surface area contributed by atoms with Gasteiger partial charge in [-0.05, 0) is 92.7 Å². The molecule has 2 amide bonds. The van der Waals surface area contributed by atoms with Crippen molar-refractivity contribution in [3.8, 4) is 22.3 Å².